The van der Waals surface area contributed by atoms with Gasteiger partial charge in [-0.3, -0.25) is 0 Å². The van der Waals surface area contributed by atoms with Crippen LogP contribution < -0.4 is 0 Å². The number of rotatable bonds is 4. The summed E-state index contributed by atoms with van der Waals surface area (Å²) in [5.74, 6) is 0. The molecule has 0 heterocycles. The Kier molecular flexibility index (Phi) is 4.31. The number of hydrogen-bond donors (Lipinski definition) is 2. The van der Waals surface area contributed by atoms with E-state index in [1.165, 1.54) is 0 Å². The Labute approximate surface area is 104 Å². The molecule has 1 rings (SSSR count). The minimum absolute atomic E-state index is 0.500. The van der Waals surface area contributed by atoms with Gasteiger partial charge in [-0.25, -0.2) is 0 Å². The van der Waals surface area contributed by atoms with Gasteiger partial charge in [0.25, 0.3) is 0 Å². The Morgan fingerprint density at radius 3 is 1.65 bits per heavy atom. The maximum Gasteiger partial charge on any atom is 0.104 e. The Morgan fingerprint density at radius 1 is 0.941 bits per heavy atom. The standard InChI is InChI=1S/C14H24NO2/c1-10(16)13-6-12(9-15(3,4)5)7-14(8-13)11(2)17/h6-8,10-11,16-17H,9H2,1-5H3/q+1. The third-order valence-electron chi connectivity index (χ3n) is 2.66. The molecule has 0 aliphatic carbocycles. The Balaban J connectivity index is 3.13. The van der Waals surface area contributed by atoms with Gasteiger partial charge in [-0.15, -0.1) is 0 Å². The van der Waals surface area contributed by atoms with E-state index >= 15 is 0 Å². The molecule has 0 aromatic heterocycles. The van der Waals surface area contributed by atoms with E-state index in [2.05, 4.69) is 21.1 Å². The minimum Gasteiger partial charge on any atom is -0.389 e. The van der Waals surface area contributed by atoms with Gasteiger partial charge >= 0.3 is 0 Å². The highest BCUT2D eigenvalue weighted by molar-refractivity contribution is 5.32. The molecule has 96 valence electrons. The van der Waals surface area contributed by atoms with Crippen LogP contribution in [-0.2, 0) is 6.54 Å². The van der Waals surface area contributed by atoms with Crippen molar-refractivity contribution in [2.75, 3.05) is 21.1 Å². The molecule has 2 N–H and O–H groups in total. The fraction of sp³-hybridized carbons (Fsp3) is 0.571. The van der Waals surface area contributed by atoms with Crippen molar-refractivity contribution >= 4 is 0 Å². The molecule has 1 aromatic rings. The van der Waals surface area contributed by atoms with E-state index in [4.69, 9.17) is 0 Å². The van der Waals surface area contributed by atoms with Crippen LogP contribution in [0.2, 0.25) is 0 Å². The molecule has 0 spiro atoms. The van der Waals surface area contributed by atoms with Gasteiger partial charge in [-0.05, 0) is 37.1 Å². The van der Waals surface area contributed by atoms with E-state index in [1.807, 2.05) is 18.2 Å². The summed E-state index contributed by atoms with van der Waals surface area (Å²) in [6, 6.07) is 5.90. The Hall–Kier alpha value is -0.900. The molecule has 0 radical (unpaired) electrons. The lowest BCUT2D eigenvalue weighted by atomic mass is 9.99. The minimum atomic E-state index is -0.500. The molecular formula is C14H24NO2+. The van der Waals surface area contributed by atoms with Gasteiger partial charge in [-0.1, -0.05) is 6.07 Å². The average molecular weight is 238 g/mol. The van der Waals surface area contributed by atoms with E-state index in [0.29, 0.717) is 0 Å². The summed E-state index contributed by atoms with van der Waals surface area (Å²) >= 11 is 0. The molecule has 2 atom stereocenters. The van der Waals surface area contributed by atoms with E-state index in [1.54, 1.807) is 13.8 Å². The van der Waals surface area contributed by atoms with Gasteiger partial charge in [0.15, 0.2) is 0 Å². The molecule has 0 saturated carbocycles. The van der Waals surface area contributed by atoms with E-state index in [0.717, 1.165) is 27.7 Å². The first kappa shape index (κ1) is 14.2. The monoisotopic (exact) mass is 238 g/mol. The van der Waals surface area contributed by atoms with Gasteiger partial charge in [0, 0.05) is 5.56 Å². The second-order valence-corrected chi connectivity index (χ2v) is 5.81. The van der Waals surface area contributed by atoms with Crippen LogP contribution in [0.3, 0.4) is 0 Å². The number of quaternary nitrogens is 1. The number of benzene rings is 1. The number of aliphatic hydroxyl groups is 2. The van der Waals surface area contributed by atoms with Crippen molar-refractivity contribution in [1.29, 1.82) is 0 Å². The highest BCUT2D eigenvalue weighted by atomic mass is 16.3. The molecule has 0 aliphatic rings. The van der Waals surface area contributed by atoms with Crippen molar-refractivity contribution < 1.29 is 14.7 Å². The summed E-state index contributed by atoms with van der Waals surface area (Å²) in [5.41, 5.74) is 2.88. The molecule has 17 heavy (non-hydrogen) atoms. The molecule has 0 fully saturated rings. The third-order valence-corrected chi connectivity index (χ3v) is 2.66. The summed E-state index contributed by atoms with van der Waals surface area (Å²) in [4.78, 5) is 0. The summed E-state index contributed by atoms with van der Waals surface area (Å²) in [5, 5.41) is 19.3. The summed E-state index contributed by atoms with van der Waals surface area (Å²) in [7, 11) is 6.37. The number of aliphatic hydroxyl groups excluding tert-OH is 2. The molecule has 1 aromatic carbocycles. The van der Waals surface area contributed by atoms with Crippen molar-refractivity contribution in [2.45, 2.75) is 32.6 Å². The highest BCUT2D eigenvalue weighted by Gasteiger charge is 2.13. The molecule has 0 aliphatic heterocycles. The molecular weight excluding hydrogens is 214 g/mol. The SMILES string of the molecule is CC(O)c1cc(C[N+](C)(C)C)cc(C(C)O)c1. The van der Waals surface area contributed by atoms with Gasteiger partial charge in [0.05, 0.1) is 33.4 Å². The normalized spacial score (nSPS) is 15.7. The zero-order valence-electron chi connectivity index (χ0n) is 11.4. The van der Waals surface area contributed by atoms with Crippen LogP contribution in [0.5, 0.6) is 0 Å². The zero-order valence-corrected chi connectivity index (χ0v) is 11.4. The molecule has 3 heteroatoms. The third kappa shape index (κ3) is 4.46. The van der Waals surface area contributed by atoms with E-state index in [9.17, 15) is 10.2 Å². The maximum absolute atomic E-state index is 9.67. The summed E-state index contributed by atoms with van der Waals surface area (Å²) < 4.78 is 0.822. The largest absolute Gasteiger partial charge is 0.389 e. The first-order valence-electron chi connectivity index (χ1n) is 5.99. The van der Waals surface area contributed by atoms with Crippen LogP contribution in [0.15, 0.2) is 18.2 Å². The first-order chi connectivity index (χ1) is 7.69. The average Bonchev–Trinajstić information content (AvgIpc) is 2.14. The molecule has 0 saturated heterocycles. The first-order valence-corrected chi connectivity index (χ1v) is 5.99. The second kappa shape index (κ2) is 5.17. The van der Waals surface area contributed by atoms with Crippen molar-refractivity contribution in [3.8, 4) is 0 Å². The fourth-order valence-electron chi connectivity index (χ4n) is 1.87. The van der Waals surface area contributed by atoms with Crippen LogP contribution in [0.1, 0.15) is 42.7 Å². The van der Waals surface area contributed by atoms with Crippen LogP contribution >= 0.6 is 0 Å². The van der Waals surface area contributed by atoms with Crippen LogP contribution in [0.4, 0.5) is 0 Å². The van der Waals surface area contributed by atoms with Gasteiger partial charge < -0.3 is 14.7 Å². The van der Waals surface area contributed by atoms with Gasteiger partial charge in [-0.2, -0.15) is 0 Å². The summed E-state index contributed by atoms with van der Waals surface area (Å²) in [6.07, 6.45) is -1.00. The van der Waals surface area contributed by atoms with Crippen molar-refractivity contribution in [3.05, 3.63) is 34.9 Å². The van der Waals surface area contributed by atoms with Gasteiger partial charge in [0.2, 0.25) is 0 Å². The van der Waals surface area contributed by atoms with Crippen LogP contribution in [0, 0.1) is 0 Å². The molecule has 3 nitrogen and oxygen atoms in total. The molecule has 2 unspecified atom stereocenters. The van der Waals surface area contributed by atoms with Crippen molar-refractivity contribution in [3.63, 3.8) is 0 Å². The van der Waals surface area contributed by atoms with Crippen LogP contribution in [-0.4, -0.2) is 35.8 Å². The van der Waals surface area contributed by atoms with Crippen molar-refractivity contribution in [1.82, 2.24) is 0 Å². The predicted molar refractivity (Wildman–Crippen MR) is 69.4 cm³/mol. The maximum atomic E-state index is 9.67. The number of hydrogen-bond acceptors (Lipinski definition) is 2. The molecule has 0 bridgehead atoms. The number of nitrogens with zero attached hydrogens (tertiary/aromatic N) is 1. The van der Waals surface area contributed by atoms with Gasteiger partial charge in [0.1, 0.15) is 6.54 Å². The van der Waals surface area contributed by atoms with Crippen LogP contribution in [0.25, 0.3) is 0 Å². The second-order valence-electron chi connectivity index (χ2n) is 5.81. The molecule has 0 amide bonds. The lowest BCUT2D eigenvalue weighted by Gasteiger charge is -2.25. The lowest BCUT2D eigenvalue weighted by molar-refractivity contribution is -0.884. The predicted octanol–water partition coefficient (Wildman–Crippen LogP) is 2.00. The lowest BCUT2D eigenvalue weighted by Crippen LogP contribution is -2.33. The fourth-order valence-corrected chi connectivity index (χ4v) is 1.87. The smallest absolute Gasteiger partial charge is 0.104 e. The Bertz CT molecular complexity index is 352. The summed E-state index contributed by atoms with van der Waals surface area (Å²) in [6.45, 7) is 4.37. The van der Waals surface area contributed by atoms with Crippen molar-refractivity contribution in [2.24, 2.45) is 0 Å². The quantitative estimate of drug-likeness (QED) is 0.788. The van der Waals surface area contributed by atoms with E-state index < -0.39 is 12.2 Å². The topological polar surface area (TPSA) is 40.5 Å². The highest BCUT2D eigenvalue weighted by Crippen LogP contribution is 2.22. The van der Waals surface area contributed by atoms with E-state index in [-0.39, 0.29) is 0 Å². The Morgan fingerprint density at radius 2 is 1.35 bits per heavy atom. The zero-order chi connectivity index (χ0) is 13.2.